The van der Waals surface area contributed by atoms with Crippen LogP contribution in [0.25, 0.3) is 0 Å². The minimum atomic E-state index is -3.70. The maximum absolute atomic E-state index is 10.1. The summed E-state index contributed by atoms with van der Waals surface area (Å²) in [7, 11) is -3.70. The second-order valence-corrected chi connectivity index (χ2v) is 3.57. The van der Waals surface area contributed by atoms with Gasteiger partial charge in [0.15, 0.2) is 0 Å². The summed E-state index contributed by atoms with van der Waals surface area (Å²) in [6, 6.07) is 0. The molecule has 0 aromatic rings. The Kier molecular flexibility index (Phi) is 16.9. The van der Waals surface area contributed by atoms with E-state index in [-0.39, 0.29) is 64.9 Å². The Morgan fingerprint density at radius 3 is 1.91 bits per heavy atom. The molecule has 0 amide bonds. The Morgan fingerprint density at radius 1 is 1.18 bits per heavy atom. The number of hydrogen-bond donors (Lipinski definition) is 1. The molecular formula is C5H14Na2O3S. The van der Waals surface area contributed by atoms with Crippen molar-refractivity contribution in [2.45, 2.75) is 26.2 Å². The van der Waals surface area contributed by atoms with Gasteiger partial charge in [-0.25, -0.2) is 0 Å². The molecule has 1 N–H and O–H groups in total. The Morgan fingerprint density at radius 2 is 1.64 bits per heavy atom. The third-order valence-electron chi connectivity index (χ3n) is 1.01. The molecule has 60 valence electrons. The minimum absolute atomic E-state index is 0. The van der Waals surface area contributed by atoms with E-state index < -0.39 is 10.1 Å². The molecule has 0 unspecified atom stereocenters. The number of rotatable bonds is 4. The molecule has 0 atom stereocenters. The molecule has 0 bridgehead atoms. The van der Waals surface area contributed by atoms with Crippen LogP contribution in [0.1, 0.15) is 26.2 Å². The van der Waals surface area contributed by atoms with E-state index >= 15 is 0 Å². The fraction of sp³-hybridized carbons (Fsp3) is 1.00. The molecule has 0 aromatic carbocycles. The van der Waals surface area contributed by atoms with Crippen molar-refractivity contribution in [1.82, 2.24) is 0 Å². The van der Waals surface area contributed by atoms with Gasteiger partial charge in [0.1, 0.15) is 0 Å². The van der Waals surface area contributed by atoms with Crippen molar-refractivity contribution in [1.29, 1.82) is 0 Å². The van der Waals surface area contributed by atoms with Gasteiger partial charge in [-0.2, -0.15) is 8.42 Å². The van der Waals surface area contributed by atoms with Gasteiger partial charge in [-0.3, -0.25) is 4.55 Å². The summed E-state index contributed by atoms with van der Waals surface area (Å²) in [6.45, 7) is 1.98. The average Bonchev–Trinajstić information content (AvgIpc) is 1.63. The molecule has 0 fully saturated rings. The van der Waals surface area contributed by atoms with Crippen LogP contribution in [0.5, 0.6) is 0 Å². The molecule has 0 heterocycles. The predicted molar refractivity (Wildman–Crippen MR) is 50.2 cm³/mol. The summed E-state index contributed by atoms with van der Waals surface area (Å²) in [5, 5.41) is 0. The van der Waals surface area contributed by atoms with E-state index in [4.69, 9.17) is 4.55 Å². The first-order valence-corrected chi connectivity index (χ1v) is 4.62. The van der Waals surface area contributed by atoms with Crippen molar-refractivity contribution >= 4 is 69.2 Å². The van der Waals surface area contributed by atoms with Crippen molar-refractivity contribution in [3.05, 3.63) is 0 Å². The van der Waals surface area contributed by atoms with E-state index in [1.54, 1.807) is 0 Å². The summed E-state index contributed by atoms with van der Waals surface area (Å²) in [5.74, 6) is -0.0964. The van der Waals surface area contributed by atoms with Crippen molar-refractivity contribution < 1.29 is 13.0 Å². The SMILES string of the molecule is CCCCCS(=O)(=O)O.[NaH].[NaH]. The maximum atomic E-state index is 10.1. The summed E-state index contributed by atoms with van der Waals surface area (Å²) in [6.07, 6.45) is 2.39. The van der Waals surface area contributed by atoms with Gasteiger partial charge in [0.25, 0.3) is 10.1 Å². The Bertz CT molecular complexity index is 155. The molecule has 0 aliphatic heterocycles. The fourth-order valence-electron chi connectivity index (χ4n) is 0.534. The quantitative estimate of drug-likeness (QED) is 0.387. The predicted octanol–water partition coefficient (Wildman–Crippen LogP) is -0.233. The van der Waals surface area contributed by atoms with E-state index in [9.17, 15) is 8.42 Å². The Balaban J connectivity index is -0.000000320. The summed E-state index contributed by atoms with van der Waals surface area (Å²) < 4.78 is 28.3. The molecule has 0 aliphatic rings. The van der Waals surface area contributed by atoms with Crippen LogP contribution in [0.15, 0.2) is 0 Å². The summed E-state index contributed by atoms with van der Waals surface area (Å²) in [5.41, 5.74) is 0. The first-order valence-electron chi connectivity index (χ1n) is 3.01. The fourth-order valence-corrected chi connectivity index (χ4v) is 1.10. The van der Waals surface area contributed by atoms with Gasteiger partial charge in [-0.15, -0.1) is 0 Å². The zero-order chi connectivity index (χ0) is 7.33. The van der Waals surface area contributed by atoms with Gasteiger partial charge in [0, 0.05) is 0 Å². The molecule has 0 rings (SSSR count). The number of hydrogen-bond acceptors (Lipinski definition) is 2. The van der Waals surface area contributed by atoms with Crippen LogP contribution in [0, 0.1) is 0 Å². The first-order chi connectivity index (χ1) is 4.06. The van der Waals surface area contributed by atoms with Crippen LogP contribution in [0.2, 0.25) is 0 Å². The van der Waals surface area contributed by atoms with Gasteiger partial charge in [0.2, 0.25) is 0 Å². The molecule has 0 saturated carbocycles. The molecule has 0 aromatic heterocycles. The second kappa shape index (κ2) is 9.99. The second-order valence-electron chi connectivity index (χ2n) is 1.99. The van der Waals surface area contributed by atoms with Gasteiger partial charge in [-0.05, 0) is 6.42 Å². The Labute approximate surface area is 113 Å². The van der Waals surface area contributed by atoms with Crippen molar-refractivity contribution in [2.24, 2.45) is 0 Å². The monoisotopic (exact) mass is 200 g/mol. The normalized spacial score (nSPS) is 9.64. The van der Waals surface area contributed by atoms with Crippen LogP contribution in [0.4, 0.5) is 0 Å². The van der Waals surface area contributed by atoms with Crippen LogP contribution >= 0.6 is 0 Å². The zero-order valence-corrected chi connectivity index (χ0v) is 6.32. The van der Waals surface area contributed by atoms with E-state index in [0.29, 0.717) is 6.42 Å². The first kappa shape index (κ1) is 18.6. The third kappa shape index (κ3) is 18.7. The zero-order valence-electron chi connectivity index (χ0n) is 5.50. The summed E-state index contributed by atoms with van der Waals surface area (Å²) >= 11 is 0. The molecule has 0 radical (unpaired) electrons. The van der Waals surface area contributed by atoms with E-state index in [1.165, 1.54) is 0 Å². The van der Waals surface area contributed by atoms with Gasteiger partial charge >= 0.3 is 59.1 Å². The van der Waals surface area contributed by atoms with Crippen molar-refractivity contribution in [3.63, 3.8) is 0 Å². The van der Waals surface area contributed by atoms with Crippen LogP contribution in [-0.4, -0.2) is 77.8 Å². The van der Waals surface area contributed by atoms with E-state index in [0.717, 1.165) is 12.8 Å². The molecular weight excluding hydrogens is 186 g/mol. The molecule has 0 saturated heterocycles. The molecule has 11 heavy (non-hydrogen) atoms. The number of unbranched alkanes of at least 4 members (excludes halogenated alkanes) is 2. The molecule has 0 spiro atoms. The van der Waals surface area contributed by atoms with Crippen LogP contribution in [-0.2, 0) is 10.1 Å². The summed E-state index contributed by atoms with van der Waals surface area (Å²) in [4.78, 5) is 0. The molecule has 0 aliphatic carbocycles. The standard InChI is InChI=1S/C5H12O3S.2Na.2H/c1-2-3-4-5-9(6,7)8;;;;/h2-5H2,1H3,(H,6,7,8);;;;. The van der Waals surface area contributed by atoms with Crippen molar-refractivity contribution in [3.8, 4) is 0 Å². The average molecular weight is 200 g/mol. The van der Waals surface area contributed by atoms with Crippen LogP contribution < -0.4 is 0 Å². The van der Waals surface area contributed by atoms with E-state index in [2.05, 4.69) is 0 Å². The van der Waals surface area contributed by atoms with Gasteiger partial charge in [-0.1, -0.05) is 19.8 Å². The van der Waals surface area contributed by atoms with Gasteiger partial charge in [0.05, 0.1) is 5.75 Å². The third-order valence-corrected chi connectivity index (χ3v) is 1.81. The molecule has 3 nitrogen and oxygen atoms in total. The van der Waals surface area contributed by atoms with Gasteiger partial charge < -0.3 is 0 Å². The molecule has 6 heteroatoms. The van der Waals surface area contributed by atoms with E-state index in [1.807, 2.05) is 6.92 Å². The Hall–Kier alpha value is 1.91. The van der Waals surface area contributed by atoms with Crippen molar-refractivity contribution in [2.75, 3.05) is 5.75 Å². The van der Waals surface area contributed by atoms with Crippen LogP contribution in [0.3, 0.4) is 0 Å². The topological polar surface area (TPSA) is 54.4 Å².